The molecule has 0 saturated carbocycles. The molecule has 0 unspecified atom stereocenters. The van der Waals surface area contributed by atoms with Crippen LogP contribution in [0.4, 0.5) is 0 Å². The lowest BCUT2D eigenvalue weighted by Crippen LogP contribution is -2.22. The Balaban J connectivity index is 0.000000133. The molecule has 0 bridgehead atoms. The smallest absolute Gasteiger partial charge is 0.137 e. The Morgan fingerprint density at radius 3 is 0.993 bits per heavy atom. The lowest BCUT2D eigenvalue weighted by atomic mass is 9.94. The van der Waals surface area contributed by atoms with Gasteiger partial charge in [-0.2, -0.15) is 0 Å². The Hall–Kier alpha value is -16.0. The van der Waals surface area contributed by atoms with Gasteiger partial charge in [-0.3, -0.25) is 13.4 Å². The van der Waals surface area contributed by atoms with Crippen LogP contribution >= 0.6 is 0 Å². The molecule has 3 N–H and O–H groups in total. The third-order valence-electron chi connectivity index (χ3n) is 24.8. The third kappa shape index (κ3) is 26.5. The largest absolute Gasteiger partial charge is 0.491 e. The number of fused-ring (bicyclic) bond motifs is 5. The quantitative estimate of drug-likeness (QED) is 0.0457. The molecule has 0 aliphatic rings. The van der Waals surface area contributed by atoms with E-state index in [2.05, 4.69) is 218 Å². The Morgan fingerprint density at radius 1 is 0.268 bits per heavy atom. The van der Waals surface area contributed by atoms with E-state index in [-0.39, 0.29) is 42.2 Å². The fourth-order valence-corrected chi connectivity index (χ4v) is 17.6. The molecule has 7 aromatic heterocycles. The first-order valence-corrected chi connectivity index (χ1v) is 51.0. The van der Waals surface area contributed by atoms with Crippen molar-refractivity contribution in [3.05, 3.63) is 368 Å². The fourth-order valence-electron chi connectivity index (χ4n) is 17.6. The molecule has 22 heteroatoms. The highest BCUT2D eigenvalue weighted by Crippen LogP contribution is 2.39. The highest BCUT2D eigenvalue weighted by molar-refractivity contribution is 5.88. The molecule has 7 heterocycles. The van der Waals surface area contributed by atoms with Gasteiger partial charge in [-0.05, 0) is 432 Å². The van der Waals surface area contributed by atoms with Gasteiger partial charge in [0.2, 0.25) is 0 Å². The van der Waals surface area contributed by atoms with Gasteiger partial charge in [0.15, 0.2) is 0 Å². The van der Waals surface area contributed by atoms with E-state index in [1.807, 2.05) is 299 Å². The topological polar surface area (TPSA) is 239 Å². The molecule has 20 rings (SSSR count). The summed E-state index contributed by atoms with van der Waals surface area (Å²) >= 11 is 0. The minimum absolute atomic E-state index is 0.135. The van der Waals surface area contributed by atoms with Gasteiger partial charge in [-0.1, -0.05) is 126 Å². The van der Waals surface area contributed by atoms with Gasteiger partial charge >= 0.3 is 0 Å². The predicted octanol–water partition coefficient (Wildman–Crippen LogP) is 29.7. The first-order chi connectivity index (χ1) is 70.9. The summed E-state index contributed by atoms with van der Waals surface area (Å²) in [6.07, 6.45) is 10.9. The zero-order valence-electron chi connectivity index (χ0n) is 89.8. The Morgan fingerprint density at radius 2 is 0.597 bits per heavy atom. The maximum atomic E-state index is 10.3. The highest BCUT2D eigenvalue weighted by atomic mass is 16.5. The number of nitrogens with zero attached hydrogens (tertiary/aromatic N) is 12. The molecule has 0 radical (unpaired) electrons. The normalized spacial score (nSPS) is 11.8. The lowest BCUT2D eigenvalue weighted by Gasteiger charge is -2.21. The van der Waals surface area contributed by atoms with Gasteiger partial charge in [-0.15, -0.1) is 10.2 Å². The summed E-state index contributed by atoms with van der Waals surface area (Å²) in [5.41, 5.74) is 29.2. The number of hydrogen-bond donors (Lipinski definition) is 3. The summed E-state index contributed by atoms with van der Waals surface area (Å²) in [5.74, 6) is 6.03. The summed E-state index contributed by atoms with van der Waals surface area (Å²) in [6.45, 7) is 47.6. The van der Waals surface area contributed by atoms with Crippen LogP contribution in [0.2, 0.25) is 0 Å². The van der Waals surface area contributed by atoms with Crippen LogP contribution in [0, 0.1) is 20.8 Å². The number of ether oxygens (including phenoxy) is 7. The standard InChI is InChI=1S/C27H30N2O2.2C26H28N2O2.2C24H25N3O2/c1-18(2)30-22-11-7-20(8-12-22)24-17-29-25(16-28-26(29)15-19(24)3)21-9-13-23(14-10-21)31-27(4,5)6;1-17(2)30-22-12-8-19(9-13-22)23-16-28-24(15-27-25(28)14-18(23)3)20-6-10-21(11-7-20)26(4,5)29;1-17(2)30-22-12-10-21(11-13-22)28-16-27-24-14-18(3)23(15-25(24)28)19-6-8-20(9-7-19)26(4,5)29;1-16(2)29-21-11-9-20(10-12-21)27-23-15-18(8-13-22(23)25-26-27)17-6-5-7-19(14-17)24(3,4)28;1-16(2)28-21-11-9-20(10-12-21)27-24-15-19(8-13-23(24)25-26-27)18-6-5-7-22(14-18)29-17(3)4/h7-18H,1-6H3;2*6-17,29H,1-5H3;5-16,28H,1-4H3;5-17H,1-4H3. The first kappa shape index (κ1) is 106. The number of rotatable bonds is 26. The molecule has 20 aromatic rings. The number of benzene rings is 13. The molecule has 0 aliphatic carbocycles. The van der Waals surface area contributed by atoms with Crippen molar-refractivity contribution in [1.29, 1.82) is 0 Å². The van der Waals surface area contributed by atoms with Crippen molar-refractivity contribution in [3.8, 4) is 135 Å². The minimum atomic E-state index is -0.886. The number of aryl methyl sites for hydroxylation is 3. The molecule has 0 saturated heterocycles. The monoisotopic (exact) mass is 1990 g/mol. The Labute approximate surface area is 874 Å². The first-order valence-electron chi connectivity index (χ1n) is 51.0. The van der Waals surface area contributed by atoms with E-state index in [9.17, 15) is 15.3 Å². The zero-order valence-corrected chi connectivity index (χ0v) is 89.8. The molecule has 764 valence electrons. The summed E-state index contributed by atoms with van der Waals surface area (Å²) in [4.78, 5) is 13.8. The van der Waals surface area contributed by atoms with Crippen molar-refractivity contribution in [2.24, 2.45) is 0 Å². The average molecular weight is 1990 g/mol. The fraction of sp³-hybridized carbons (Fsp3) is 0.268. The molecule has 0 fully saturated rings. The van der Waals surface area contributed by atoms with E-state index in [0.717, 1.165) is 191 Å². The molecule has 0 spiro atoms. The minimum Gasteiger partial charge on any atom is -0.491 e. The van der Waals surface area contributed by atoms with Gasteiger partial charge < -0.3 is 48.5 Å². The third-order valence-corrected chi connectivity index (χ3v) is 24.8. The highest BCUT2D eigenvalue weighted by Gasteiger charge is 2.24. The van der Waals surface area contributed by atoms with Crippen molar-refractivity contribution in [2.45, 2.75) is 225 Å². The van der Waals surface area contributed by atoms with Crippen LogP contribution in [0.25, 0.3) is 140 Å². The van der Waals surface area contributed by atoms with Gasteiger partial charge in [0.25, 0.3) is 0 Å². The predicted molar refractivity (Wildman–Crippen MR) is 602 cm³/mol. The second-order valence-corrected chi connectivity index (χ2v) is 41.9. The number of imidazole rings is 3. The van der Waals surface area contributed by atoms with Crippen molar-refractivity contribution >= 4 is 44.4 Å². The van der Waals surface area contributed by atoms with E-state index in [1.54, 1.807) is 41.5 Å². The van der Waals surface area contributed by atoms with Crippen LogP contribution in [-0.2, 0) is 16.8 Å². The Kier molecular flexibility index (Phi) is 32.0. The van der Waals surface area contributed by atoms with Gasteiger partial charge in [0, 0.05) is 40.3 Å². The van der Waals surface area contributed by atoms with Crippen LogP contribution in [0.3, 0.4) is 0 Å². The second-order valence-electron chi connectivity index (χ2n) is 41.9. The number of pyridine rings is 2. The van der Waals surface area contributed by atoms with Gasteiger partial charge in [0.05, 0.1) is 111 Å². The molecule has 22 nitrogen and oxygen atoms in total. The summed E-state index contributed by atoms with van der Waals surface area (Å²) in [5, 5.41) is 48.1. The molecule has 0 aliphatic heterocycles. The van der Waals surface area contributed by atoms with E-state index < -0.39 is 16.8 Å². The summed E-state index contributed by atoms with van der Waals surface area (Å²) in [6, 6.07) is 102. The van der Waals surface area contributed by atoms with E-state index in [1.165, 1.54) is 22.3 Å². The van der Waals surface area contributed by atoms with Crippen molar-refractivity contribution in [1.82, 2.24) is 58.3 Å². The second kappa shape index (κ2) is 45.1. The number of aliphatic hydroxyl groups is 3. The zero-order chi connectivity index (χ0) is 106. The van der Waals surface area contributed by atoms with Crippen LogP contribution in [0.5, 0.6) is 40.2 Å². The van der Waals surface area contributed by atoms with Crippen LogP contribution < -0.4 is 33.2 Å². The summed E-state index contributed by atoms with van der Waals surface area (Å²) in [7, 11) is 0. The maximum absolute atomic E-state index is 10.3. The molecule has 149 heavy (non-hydrogen) atoms. The van der Waals surface area contributed by atoms with Gasteiger partial charge in [-0.25, -0.2) is 24.3 Å². The lowest BCUT2D eigenvalue weighted by molar-refractivity contribution is 0.0780. The van der Waals surface area contributed by atoms with Crippen LogP contribution in [0.15, 0.2) is 334 Å². The van der Waals surface area contributed by atoms with E-state index in [0.29, 0.717) is 0 Å². The molecule has 0 atom stereocenters. The SMILES string of the molecule is CC(C)Oc1ccc(-n2nnc3ccc(-c4cccc(C(C)(C)O)c4)cc32)cc1.CC(C)Oc1ccc(-n2nnc3ccc(-c4cccc(OC(C)C)c4)cc32)cc1.Cc1cc2ncc(-c3ccc(C(C)(C)O)cc3)n2cc1-c1ccc(OC(C)C)cc1.Cc1cc2ncc(-c3ccc(OC(C)(C)C)cc3)n2cc1-c1ccc(OC(C)C)cc1.Cc1cc2ncn(-c3ccc(OC(C)C)cc3)c2cc1-c1ccc(C(C)(C)O)cc1. The van der Waals surface area contributed by atoms with Crippen LogP contribution in [-0.4, -0.2) is 116 Å². The van der Waals surface area contributed by atoms with Crippen molar-refractivity contribution in [2.75, 3.05) is 0 Å². The molecular weight excluding hydrogens is 1850 g/mol. The molecule has 0 amide bonds. The molecule has 13 aromatic carbocycles. The van der Waals surface area contributed by atoms with Crippen molar-refractivity contribution < 1.29 is 48.5 Å². The Bertz CT molecular complexity index is 7950. The number of hydrogen-bond acceptors (Lipinski definition) is 17. The van der Waals surface area contributed by atoms with E-state index >= 15 is 0 Å². The van der Waals surface area contributed by atoms with Crippen molar-refractivity contribution in [3.63, 3.8) is 0 Å². The van der Waals surface area contributed by atoms with Crippen LogP contribution in [0.1, 0.15) is 179 Å². The van der Waals surface area contributed by atoms with E-state index in [4.69, 9.17) is 33.2 Å². The molecular formula is C127H136N12O10. The summed E-state index contributed by atoms with van der Waals surface area (Å²) < 4.78 is 50.6. The average Bonchev–Trinajstić information content (AvgIpc) is 1.62. The number of aromatic nitrogens is 12. The maximum Gasteiger partial charge on any atom is 0.137 e. The van der Waals surface area contributed by atoms with Gasteiger partial charge in [0.1, 0.15) is 74.5 Å².